The molecule has 2 rings (SSSR count). The monoisotopic (exact) mass is 207 g/mol. The van der Waals surface area contributed by atoms with E-state index < -0.39 is 0 Å². The molecule has 0 spiro atoms. The van der Waals surface area contributed by atoms with Crippen LogP contribution in [-0.2, 0) is 19.4 Å². The molecule has 0 amide bonds. The van der Waals surface area contributed by atoms with E-state index in [1.807, 2.05) is 6.07 Å². The maximum absolute atomic E-state index is 8.84. The van der Waals surface area contributed by atoms with Crippen molar-refractivity contribution in [2.24, 2.45) is 0 Å². The van der Waals surface area contributed by atoms with Gasteiger partial charge in [0.1, 0.15) is 5.75 Å². The molecule has 1 aliphatic carbocycles. The molecule has 2 N–H and O–H groups in total. The van der Waals surface area contributed by atoms with Gasteiger partial charge >= 0.3 is 0 Å². The third-order valence-electron chi connectivity index (χ3n) is 3.08. The van der Waals surface area contributed by atoms with Gasteiger partial charge < -0.3 is 9.94 Å². The molecule has 0 atom stereocenters. The van der Waals surface area contributed by atoms with Crippen LogP contribution < -0.4 is 10.2 Å². The van der Waals surface area contributed by atoms with Gasteiger partial charge in [0.15, 0.2) is 0 Å². The van der Waals surface area contributed by atoms with Crippen LogP contribution in [0, 0.1) is 0 Å². The van der Waals surface area contributed by atoms with Crippen LogP contribution in [0.5, 0.6) is 5.75 Å². The molecule has 0 heterocycles. The molecule has 0 saturated heterocycles. The highest BCUT2D eigenvalue weighted by Gasteiger charge is 2.16. The highest BCUT2D eigenvalue weighted by molar-refractivity contribution is 5.46. The van der Waals surface area contributed by atoms with Crippen LogP contribution in [0.15, 0.2) is 12.1 Å². The Labute approximate surface area is 90.0 Å². The van der Waals surface area contributed by atoms with Crippen LogP contribution in [0.4, 0.5) is 0 Å². The lowest BCUT2D eigenvalue weighted by molar-refractivity contribution is 0.159. The van der Waals surface area contributed by atoms with E-state index in [0.717, 1.165) is 24.2 Å². The minimum atomic E-state index is 0.465. The summed E-state index contributed by atoms with van der Waals surface area (Å²) in [5.41, 5.74) is 6.11. The fourth-order valence-corrected chi connectivity index (χ4v) is 2.35. The number of nitrogens with one attached hydrogen (secondary N) is 1. The molecule has 1 aromatic carbocycles. The molecule has 0 aliphatic heterocycles. The molecule has 0 saturated carbocycles. The highest BCUT2D eigenvalue weighted by atomic mass is 16.5. The van der Waals surface area contributed by atoms with Crippen LogP contribution in [-0.4, -0.2) is 12.3 Å². The number of methoxy groups -OCH3 is 1. The number of rotatable bonds is 3. The van der Waals surface area contributed by atoms with Crippen molar-refractivity contribution in [1.29, 1.82) is 0 Å². The SMILES string of the molecule is COc1ccc2c(c1CNO)CCCC2. The Balaban J connectivity index is 2.44. The lowest BCUT2D eigenvalue weighted by Gasteiger charge is -2.21. The van der Waals surface area contributed by atoms with E-state index in [1.54, 1.807) is 7.11 Å². The predicted octanol–water partition coefficient (Wildman–Crippen LogP) is 2.05. The van der Waals surface area contributed by atoms with Crippen molar-refractivity contribution in [2.75, 3.05) is 7.11 Å². The van der Waals surface area contributed by atoms with Crippen LogP contribution in [0.3, 0.4) is 0 Å². The first-order chi connectivity index (χ1) is 7.36. The van der Waals surface area contributed by atoms with Crippen molar-refractivity contribution in [2.45, 2.75) is 32.2 Å². The Bertz CT molecular complexity index is 350. The van der Waals surface area contributed by atoms with E-state index in [-0.39, 0.29) is 0 Å². The summed E-state index contributed by atoms with van der Waals surface area (Å²) < 4.78 is 5.31. The number of aryl methyl sites for hydroxylation is 1. The smallest absolute Gasteiger partial charge is 0.123 e. The Morgan fingerprint density at radius 3 is 2.87 bits per heavy atom. The maximum Gasteiger partial charge on any atom is 0.123 e. The largest absolute Gasteiger partial charge is 0.496 e. The summed E-state index contributed by atoms with van der Waals surface area (Å²) in [5.74, 6) is 0.872. The number of benzene rings is 1. The topological polar surface area (TPSA) is 41.5 Å². The van der Waals surface area contributed by atoms with Gasteiger partial charge in [0, 0.05) is 12.1 Å². The Morgan fingerprint density at radius 1 is 1.33 bits per heavy atom. The maximum atomic E-state index is 8.84. The first-order valence-corrected chi connectivity index (χ1v) is 5.41. The van der Waals surface area contributed by atoms with Gasteiger partial charge in [-0.25, -0.2) is 5.48 Å². The number of hydroxylamine groups is 1. The van der Waals surface area contributed by atoms with E-state index in [2.05, 4.69) is 11.5 Å². The number of hydrogen-bond donors (Lipinski definition) is 2. The van der Waals surface area contributed by atoms with Gasteiger partial charge in [-0.15, -0.1) is 0 Å². The Morgan fingerprint density at radius 2 is 2.13 bits per heavy atom. The van der Waals surface area contributed by atoms with Crippen LogP contribution >= 0.6 is 0 Å². The van der Waals surface area contributed by atoms with Crippen molar-refractivity contribution in [3.8, 4) is 5.75 Å². The average molecular weight is 207 g/mol. The lowest BCUT2D eigenvalue weighted by Crippen LogP contribution is -2.14. The molecule has 15 heavy (non-hydrogen) atoms. The first-order valence-electron chi connectivity index (χ1n) is 5.41. The van der Waals surface area contributed by atoms with Gasteiger partial charge in [-0.2, -0.15) is 0 Å². The average Bonchev–Trinajstić information content (AvgIpc) is 2.30. The van der Waals surface area contributed by atoms with E-state index in [1.165, 1.54) is 24.0 Å². The third kappa shape index (κ3) is 1.98. The van der Waals surface area contributed by atoms with Gasteiger partial charge in [-0.1, -0.05) is 6.07 Å². The normalized spacial score (nSPS) is 14.8. The Hall–Kier alpha value is -1.06. The van der Waals surface area contributed by atoms with Crippen molar-refractivity contribution < 1.29 is 9.94 Å². The first kappa shape index (κ1) is 10.5. The zero-order valence-corrected chi connectivity index (χ0v) is 9.05. The van der Waals surface area contributed by atoms with Crippen molar-refractivity contribution in [3.05, 3.63) is 28.8 Å². The minimum absolute atomic E-state index is 0.465. The zero-order valence-electron chi connectivity index (χ0n) is 9.05. The summed E-state index contributed by atoms with van der Waals surface area (Å²) in [6.45, 7) is 0.465. The van der Waals surface area contributed by atoms with Crippen molar-refractivity contribution in [1.82, 2.24) is 5.48 Å². The van der Waals surface area contributed by atoms with Gasteiger partial charge in [-0.05, 0) is 42.9 Å². The molecule has 0 fully saturated rings. The fourth-order valence-electron chi connectivity index (χ4n) is 2.35. The van der Waals surface area contributed by atoms with Crippen molar-refractivity contribution in [3.63, 3.8) is 0 Å². The van der Waals surface area contributed by atoms with E-state index >= 15 is 0 Å². The van der Waals surface area contributed by atoms with E-state index in [0.29, 0.717) is 6.54 Å². The lowest BCUT2D eigenvalue weighted by atomic mass is 9.88. The second-order valence-electron chi connectivity index (χ2n) is 3.93. The van der Waals surface area contributed by atoms with E-state index in [4.69, 9.17) is 9.94 Å². The van der Waals surface area contributed by atoms with Gasteiger partial charge in [0.2, 0.25) is 0 Å². The summed E-state index contributed by atoms with van der Waals surface area (Å²) in [5, 5.41) is 8.84. The van der Waals surface area contributed by atoms with Gasteiger partial charge in [0.25, 0.3) is 0 Å². The van der Waals surface area contributed by atoms with Crippen LogP contribution in [0.25, 0.3) is 0 Å². The molecular formula is C12H17NO2. The summed E-state index contributed by atoms with van der Waals surface area (Å²) >= 11 is 0. The summed E-state index contributed by atoms with van der Waals surface area (Å²) in [7, 11) is 1.67. The molecular weight excluding hydrogens is 190 g/mol. The number of ether oxygens (including phenoxy) is 1. The second kappa shape index (κ2) is 4.64. The van der Waals surface area contributed by atoms with Crippen LogP contribution in [0.1, 0.15) is 29.5 Å². The summed E-state index contributed by atoms with van der Waals surface area (Å²) in [6.07, 6.45) is 4.76. The molecule has 1 aliphatic rings. The van der Waals surface area contributed by atoms with Gasteiger partial charge in [-0.3, -0.25) is 0 Å². The zero-order chi connectivity index (χ0) is 10.7. The molecule has 1 aromatic rings. The number of hydrogen-bond acceptors (Lipinski definition) is 3. The second-order valence-corrected chi connectivity index (χ2v) is 3.93. The van der Waals surface area contributed by atoms with Gasteiger partial charge in [0.05, 0.1) is 7.11 Å². The third-order valence-corrected chi connectivity index (χ3v) is 3.08. The molecule has 0 aromatic heterocycles. The molecule has 3 heteroatoms. The molecule has 0 bridgehead atoms. The molecule has 0 unspecified atom stereocenters. The quantitative estimate of drug-likeness (QED) is 0.745. The Kier molecular flexibility index (Phi) is 3.23. The summed E-state index contributed by atoms with van der Waals surface area (Å²) in [6, 6.07) is 4.14. The molecule has 0 radical (unpaired) electrons. The van der Waals surface area contributed by atoms with Crippen molar-refractivity contribution >= 4 is 0 Å². The van der Waals surface area contributed by atoms with Crippen LogP contribution in [0.2, 0.25) is 0 Å². The minimum Gasteiger partial charge on any atom is -0.496 e. The molecule has 3 nitrogen and oxygen atoms in total. The fraction of sp³-hybridized carbons (Fsp3) is 0.500. The number of fused-ring (bicyclic) bond motifs is 1. The standard InChI is InChI=1S/C12H17NO2/c1-15-12-7-6-9-4-2-3-5-10(9)11(12)8-13-14/h6-7,13-14H,2-5,8H2,1H3. The predicted molar refractivity (Wildman–Crippen MR) is 58.3 cm³/mol. The summed E-state index contributed by atoms with van der Waals surface area (Å²) in [4.78, 5) is 0. The molecule has 82 valence electrons. The highest BCUT2D eigenvalue weighted by Crippen LogP contribution is 2.30. The van der Waals surface area contributed by atoms with E-state index in [9.17, 15) is 0 Å².